The molecule has 3 rings (SSSR count). The molecule has 20 heavy (non-hydrogen) atoms. The fraction of sp³-hybridized carbons (Fsp3) is 0.467. The van der Waals surface area contributed by atoms with Crippen LogP contribution in [-0.2, 0) is 12.1 Å². The number of hydrogen-bond acceptors (Lipinski definition) is 4. The van der Waals surface area contributed by atoms with Crippen molar-refractivity contribution in [1.82, 2.24) is 15.0 Å². The lowest BCUT2D eigenvalue weighted by Crippen LogP contribution is -2.19. The topological polar surface area (TPSA) is 60.2 Å². The van der Waals surface area contributed by atoms with E-state index in [1.54, 1.807) is 18.5 Å². The van der Waals surface area contributed by atoms with Gasteiger partial charge >= 0.3 is 0 Å². The van der Waals surface area contributed by atoms with Gasteiger partial charge < -0.3 is 9.84 Å². The van der Waals surface area contributed by atoms with Crippen molar-refractivity contribution >= 4 is 0 Å². The van der Waals surface area contributed by atoms with Gasteiger partial charge in [0.05, 0.1) is 12.8 Å². The molecule has 0 amide bonds. The Kier molecular flexibility index (Phi) is 3.22. The molecule has 1 aromatic heterocycles. The summed E-state index contributed by atoms with van der Waals surface area (Å²) in [4.78, 5) is 0. The Morgan fingerprint density at radius 1 is 1.40 bits per heavy atom. The molecule has 1 atom stereocenters. The number of rotatable bonds is 3. The summed E-state index contributed by atoms with van der Waals surface area (Å²) in [5.41, 5.74) is 0.864. The molecule has 0 aliphatic carbocycles. The van der Waals surface area contributed by atoms with Crippen molar-refractivity contribution in [3.8, 4) is 5.75 Å². The summed E-state index contributed by atoms with van der Waals surface area (Å²) in [5, 5.41) is 18.1. The first-order valence-electron chi connectivity index (χ1n) is 6.89. The highest BCUT2D eigenvalue weighted by Crippen LogP contribution is 2.34. The Balaban J connectivity index is 1.81. The summed E-state index contributed by atoms with van der Waals surface area (Å²) in [6.07, 6.45) is 2.78. The van der Waals surface area contributed by atoms with E-state index < -0.39 is 5.60 Å². The molecule has 5 nitrogen and oxygen atoms in total. The number of aliphatic hydroxyl groups is 1. The molecule has 1 aliphatic rings. The van der Waals surface area contributed by atoms with Crippen molar-refractivity contribution < 1.29 is 9.84 Å². The molecule has 0 saturated heterocycles. The van der Waals surface area contributed by atoms with E-state index >= 15 is 0 Å². The quantitative estimate of drug-likeness (QED) is 0.930. The summed E-state index contributed by atoms with van der Waals surface area (Å²) < 4.78 is 7.47. The number of nitrogens with zero attached hydrogens (tertiary/aromatic N) is 3. The first-order valence-corrected chi connectivity index (χ1v) is 6.89. The third kappa shape index (κ3) is 2.54. The molecule has 1 aliphatic heterocycles. The number of para-hydroxylation sites is 1. The smallest absolute Gasteiger partial charge is 0.122 e. The van der Waals surface area contributed by atoms with Crippen LogP contribution in [0, 0.1) is 0 Å². The Morgan fingerprint density at radius 3 is 2.95 bits per heavy atom. The van der Waals surface area contributed by atoms with Crippen molar-refractivity contribution in [3.05, 3.63) is 41.7 Å². The van der Waals surface area contributed by atoms with Gasteiger partial charge in [-0.1, -0.05) is 23.4 Å². The SMILES string of the molecule is CC(C)(O)c1cn(CC2CCOc3ccccc32)nn1. The minimum atomic E-state index is -0.953. The van der Waals surface area contributed by atoms with E-state index in [1.165, 1.54) is 5.56 Å². The van der Waals surface area contributed by atoms with E-state index in [0.717, 1.165) is 25.3 Å². The second-order valence-electron chi connectivity index (χ2n) is 5.76. The molecule has 5 heteroatoms. The highest BCUT2D eigenvalue weighted by Gasteiger charge is 2.24. The average molecular weight is 273 g/mol. The van der Waals surface area contributed by atoms with E-state index in [2.05, 4.69) is 16.4 Å². The van der Waals surface area contributed by atoms with Crippen LogP contribution in [0.3, 0.4) is 0 Å². The van der Waals surface area contributed by atoms with Gasteiger partial charge in [-0.2, -0.15) is 0 Å². The molecule has 2 heterocycles. The Bertz CT molecular complexity index is 601. The maximum atomic E-state index is 9.93. The van der Waals surface area contributed by atoms with Crippen molar-refractivity contribution in [2.75, 3.05) is 6.61 Å². The van der Waals surface area contributed by atoms with Gasteiger partial charge in [0.2, 0.25) is 0 Å². The second-order valence-corrected chi connectivity index (χ2v) is 5.76. The predicted octanol–water partition coefficient (Wildman–Crippen LogP) is 2.07. The number of ether oxygens (including phenoxy) is 1. The van der Waals surface area contributed by atoms with E-state index in [9.17, 15) is 5.11 Å². The molecule has 1 aromatic carbocycles. The monoisotopic (exact) mass is 273 g/mol. The Hall–Kier alpha value is -1.88. The van der Waals surface area contributed by atoms with Crippen LogP contribution in [0.5, 0.6) is 5.75 Å². The third-order valence-electron chi connectivity index (χ3n) is 3.66. The zero-order chi connectivity index (χ0) is 14.2. The van der Waals surface area contributed by atoms with Gasteiger partial charge in [0.25, 0.3) is 0 Å². The number of benzene rings is 1. The Morgan fingerprint density at radius 2 is 2.20 bits per heavy atom. The van der Waals surface area contributed by atoms with Crippen LogP contribution in [0.15, 0.2) is 30.5 Å². The largest absolute Gasteiger partial charge is 0.493 e. The zero-order valence-corrected chi connectivity index (χ0v) is 11.8. The molecule has 0 radical (unpaired) electrons. The molecular weight excluding hydrogens is 254 g/mol. The van der Waals surface area contributed by atoms with Gasteiger partial charge in [-0.05, 0) is 31.9 Å². The highest BCUT2D eigenvalue weighted by atomic mass is 16.5. The summed E-state index contributed by atoms with van der Waals surface area (Å²) in [5.74, 6) is 1.34. The van der Waals surface area contributed by atoms with E-state index in [0.29, 0.717) is 11.6 Å². The molecule has 0 spiro atoms. The average Bonchev–Trinajstić information content (AvgIpc) is 2.88. The van der Waals surface area contributed by atoms with Gasteiger partial charge in [-0.25, -0.2) is 0 Å². The van der Waals surface area contributed by atoms with Crippen LogP contribution < -0.4 is 4.74 Å². The fourth-order valence-corrected chi connectivity index (χ4v) is 2.50. The van der Waals surface area contributed by atoms with Gasteiger partial charge in [0.1, 0.15) is 17.0 Å². The second kappa shape index (κ2) is 4.90. The van der Waals surface area contributed by atoms with E-state index in [-0.39, 0.29) is 0 Å². The number of hydrogen-bond donors (Lipinski definition) is 1. The van der Waals surface area contributed by atoms with Gasteiger partial charge in [-0.15, -0.1) is 5.10 Å². The van der Waals surface area contributed by atoms with E-state index in [1.807, 2.05) is 24.4 Å². The molecule has 106 valence electrons. The van der Waals surface area contributed by atoms with Crippen molar-refractivity contribution in [2.45, 2.75) is 38.3 Å². The third-order valence-corrected chi connectivity index (χ3v) is 3.66. The molecule has 0 saturated carbocycles. The lowest BCUT2D eigenvalue weighted by Gasteiger charge is -2.25. The maximum absolute atomic E-state index is 9.93. The van der Waals surface area contributed by atoms with Crippen molar-refractivity contribution in [1.29, 1.82) is 0 Å². The number of fused-ring (bicyclic) bond motifs is 1. The van der Waals surface area contributed by atoms with Gasteiger partial charge in [-0.3, -0.25) is 4.68 Å². The van der Waals surface area contributed by atoms with Crippen molar-refractivity contribution in [2.24, 2.45) is 0 Å². The molecule has 2 aromatic rings. The summed E-state index contributed by atoms with van der Waals surface area (Å²) >= 11 is 0. The first kappa shape index (κ1) is 13.1. The summed E-state index contributed by atoms with van der Waals surface area (Å²) in [6.45, 7) is 4.91. The molecule has 0 bridgehead atoms. The van der Waals surface area contributed by atoms with Gasteiger partial charge in [0.15, 0.2) is 0 Å². The predicted molar refractivity (Wildman–Crippen MR) is 74.6 cm³/mol. The fourth-order valence-electron chi connectivity index (χ4n) is 2.50. The summed E-state index contributed by atoms with van der Waals surface area (Å²) in [7, 11) is 0. The van der Waals surface area contributed by atoms with Crippen LogP contribution in [0.4, 0.5) is 0 Å². The van der Waals surface area contributed by atoms with Gasteiger partial charge in [0, 0.05) is 12.5 Å². The van der Waals surface area contributed by atoms with Crippen LogP contribution in [-0.4, -0.2) is 26.7 Å². The van der Waals surface area contributed by atoms with E-state index in [4.69, 9.17) is 4.74 Å². The zero-order valence-electron chi connectivity index (χ0n) is 11.8. The number of aromatic nitrogens is 3. The normalized spacial score (nSPS) is 18.4. The van der Waals surface area contributed by atoms with Crippen LogP contribution >= 0.6 is 0 Å². The molecular formula is C15H19N3O2. The molecule has 0 fully saturated rings. The summed E-state index contributed by atoms with van der Waals surface area (Å²) in [6, 6.07) is 8.13. The lowest BCUT2D eigenvalue weighted by molar-refractivity contribution is 0.0737. The maximum Gasteiger partial charge on any atom is 0.122 e. The minimum Gasteiger partial charge on any atom is -0.493 e. The molecule has 1 N–H and O–H groups in total. The molecule has 1 unspecified atom stereocenters. The van der Waals surface area contributed by atoms with Crippen molar-refractivity contribution in [3.63, 3.8) is 0 Å². The first-order chi connectivity index (χ1) is 9.54. The van der Waals surface area contributed by atoms with Crippen LogP contribution in [0.25, 0.3) is 0 Å². The lowest BCUT2D eigenvalue weighted by atomic mass is 9.93. The standard InChI is InChI=1S/C15H19N3O2/c1-15(2,19)14-10-18(17-16-14)9-11-7-8-20-13-6-4-3-5-12(11)13/h3-6,10-11,19H,7-9H2,1-2H3. The minimum absolute atomic E-state index is 0.372. The van der Waals surface area contributed by atoms with Crippen LogP contribution in [0.2, 0.25) is 0 Å². The highest BCUT2D eigenvalue weighted by molar-refractivity contribution is 5.37. The van der Waals surface area contributed by atoms with Crippen LogP contribution in [0.1, 0.15) is 37.4 Å². The Labute approximate surface area is 118 Å².